The first kappa shape index (κ1) is 24.1. The highest BCUT2D eigenvalue weighted by Crippen LogP contribution is 2.34. The van der Waals surface area contributed by atoms with Crippen molar-refractivity contribution in [3.05, 3.63) is 81.5 Å². The summed E-state index contributed by atoms with van der Waals surface area (Å²) < 4.78 is 59.4. The van der Waals surface area contributed by atoms with E-state index in [1.807, 2.05) is 0 Å². The van der Waals surface area contributed by atoms with Crippen LogP contribution < -0.4 is 10.3 Å². The van der Waals surface area contributed by atoms with Crippen LogP contribution in [0.3, 0.4) is 0 Å². The monoisotopic (exact) mass is 489 g/mol. The molecule has 0 N–H and O–H groups in total. The van der Waals surface area contributed by atoms with Gasteiger partial charge in [0.15, 0.2) is 27.2 Å². The van der Waals surface area contributed by atoms with Crippen molar-refractivity contribution in [2.45, 2.75) is 33.2 Å². The Balaban J connectivity index is 1.79. The van der Waals surface area contributed by atoms with Crippen molar-refractivity contribution in [2.75, 3.05) is 11.5 Å². The van der Waals surface area contributed by atoms with Crippen LogP contribution in [0.1, 0.15) is 30.9 Å². The number of benzene rings is 1. The fourth-order valence-corrected chi connectivity index (χ4v) is 4.89. The van der Waals surface area contributed by atoms with Crippen molar-refractivity contribution in [1.82, 2.24) is 4.57 Å². The minimum absolute atomic E-state index is 0.00308. The van der Waals surface area contributed by atoms with E-state index in [0.29, 0.717) is 35.2 Å². The van der Waals surface area contributed by atoms with Gasteiger partial charge in [-0.25, -0.2) is 17.2 Å². The van der Waals surface area contributed by atoms with Crippen LogP contribution in [0.25, 0.3) is 5.57 Å². The van der Waals surface area contributed by atoms with Crippen LogP contribution in [0, 0.1) is 30.4 Å². The summed E-state index contributed by atoms with van der Waals surface area (Å²) in [6, 6.07) is 4.45. The van der Waals surface area contributed by atoms with E-state index in [2.05, 4.69) is 0 Å². The van der Waals surface area contributed by atoms with Gasteiger partial charge < -0.3 is 9.30 Å². The van der Waals surface area contributed by atoms with E-state index >= 15 is 0 Å². The average Bonchev–Trinajstić information content (AvgIpc) is 3.59. The predicted octanol–water partition coefficient (Wildman–Crippen LogP) is 3.82. The Labute approximate surface area is 196 Å². The van der Waals surface area contributed by atoms with E-state index in [4.69, 9.17) is 4.74 Å². The summed E-state index contributed by atoms with van der Waals surface area (Å²) in [6.45, 7) is 3.73. The molecule has 0 aliphatic heterocycles. The Morgan fingerprint density at radius 2 is 1.88 bits per heavy atom. The Hall–Kier alpha value is -3.07. The molecule has 9 heteroatoms. The van der Waals surface area contributed by atoms with Crippen LogP contribution in [-0.4, -0.2) is 30.3 Å². The summed E-state index contributed by atoms with van der Waals surface area (Å²) >= 11 is 0. The SMILES string of the molecule is CCS(=O)(=O)CC1C=C(c2cc(C)c(=O)n(CC3CC3)c2)C(Oc2ccc(F)cc2F)=CC1=O. The van der Waals surface area contributed by atoms with Crippen LogP contribution in [0.15, 0.2) is 53.2 Å². The Morgan fingerprint density at radius 3 is 2.53 bits per heavy atom. The molecule has 0 spiro atoms. The number of hydrogen-bond acceptors (Lipinski definition) is 5. The number of hydrogen-bond donors (Lipinski definition) is 0. The molecule has 180 valence electrons. The number of halogens is 2. The number of aryl methyl sites for hydroxylation is 1. The standard InChI is InChI=1S/C25H25F2NO5S/c1-3-34(31,32)14-18-9-20(17-8-15(2)25(30)28(13-17)12-16-4-5-16)24(11-22(18)29)33-23-7-6-19(26)10-21(23)27/h6-11,13,16,18H,3-5,12,14H2,1-2H3. The van der Waals surface area contributed by atoms with Crippen molar-refractivity contribution >= 4 is 21.2 Å². The van der Waals surface area contributed by atoms with E-state index in [1.54, 1.807) is 23.8 Å². The van der Waals surface area contributed by atoms with Crippen LogP contribution in [0.2, 0.25) is 0 Å². The van der Waals surface area contributed by atoms with Crippen LogP contribution >= 0.6 is 0 Å². The second-order valence-electron chi connectivity index (χ2n) is 8.79. The number of allylic oxidation sites excluding steroid dienone is 3. The van der Waals surface area contributed by atoms with Crippen LogP contribution in [0.5, 0.6) is 5.75 Å². The van der Waals surface area contributed by atoms with E-state index in [-0.39, 0.29) is 28.6 Å². The third-order valence-electron chi connectivity index (χ3n) is 5.99. The fraction of sp³-hybridized carbons (Fsp3) is 0.360. The number of carbonyl (C=O) groups is 1. The topological polar surface area (TPSA) is 82.4 Å². The van der Waals surface area contributed by atoms with Gasteiger partial charge in [-0.2, -0.15) is 0 Å². The lowest BCUT2D eigenvalue weighted by molar-refractivity contribution is -0.116. The van der Waals surface area contributed by atoms with Gasteiger partial charge in [0, 0.05) is 47.3 Å². The summed E-state index contributed by atoms with van der Waals surface area (Å²) in [5, 5.41) is 0. The largest absolute Gasteiger partial charge is 0.454 e. The first-order chi connectivity index (χ1) is 16.1. The maximum absolute atomic E-state index is 14.3. The van der Waals surface area contributed by atoms with Crippen molar-refractivity contribution < 1.29 is 26.7 Å². The molecule has 0 bridgehead atoms. The minimum Gasteiger partial charge on any atom is -0.454 e. The lowest BCUT2D eigenvalue weighted by Gasteiger charge is -2.22. The molecule has 1 heterocycles. The molecule has 0 radical (unpaired) electrons. The number of nitrogens with zero attached hydrogens (tertiary/aromatic N) is 1. The third-order valence-corrected chi connectivity index (χ3v) is 7.73. The van der Waals surface area contributed by atoms with Gasteiger partial charge in [0.1, 0.15) is 11.6 Å². The fourth-order valence-electron chi connectivity index (χ4n) is 3.85. The number of pyridine rings is 1. The molecule has 34 heavy (non-hydrogen) atoms. The van der Waals surface area contributed by atoms with Crippen molar-refractivity contribution in [1.29, 1.82) is 0 Å². The molecular formula is C25H25F2NO5S. The highest BCUT2D eigenvalue weighted by Gasteiger charge is 2.30. The smallest absolute Gasteiger partial charge is 0.253 e. The molecular weight excluding hydrogens is 464 g/mol. The molecule has 2 aliphatic carbocycles. The number of sulfone groups is 1. The molecule has 0 saturated heterocycles. The normalized spacial score (nSPS) is 18.5. The van der Waals surface area contributed by atoms with Crippen molar-refractivity contribution in [3.63, 3.8) is 0 Å². The van der Waals surface area contributed by atoms with Gasteiger partial charge >= 0.3 is 0 Å². The van der Waals surface area contributed by atoms with Gasteiger partial charge in [0.2, 0.25) is 0 Å². The predicted molar refractivity (Wildman–Crippen MR) is 124 cm³/mol. The summed E-state index contributed by atoms with van der Waals surface area (Å²) in [6.07, 6.45) is 6.37. The lowest BCUT2D eigenvalue weighted by Crippen LogP contribution is -2.27. The molecule has 2 aliphatic rings. The van der Waals surface area contributed by atoms with E-state index < -0.39 is 33.2 Å². The van der Waals surface area contributed by atoms with Gasteiger partial charge in [-0.3, -0.25) is 9.59 Å². The molecule has 6 nitrogen and oxygen atoms in total. The van der Waals surface area contributed by atoms with E-state index in [0.717, 1.165) is 31.1 Å². The zero-order valence-corrected chi connectivity index (χ0v) is 19.7. The molecule has 1 saturated carbocycles. The third kappa shape index (κ3) is 5.35. The minimum atomic E-state index is -3.47. The lowest BCUT2D eigenvalue weighted by atomic mass is 9.91. The maximum Gasteiger partial charge on any atom is 0.253 e. The molecule has 2 aromatic rings. The van der Waals surface area contributed by atoms with Gasteiger partial charge in [-0.1, -0.05) is 13.0 Å². The molecule has 1 atom stereocenters. The quantitative estimate of drug-likeness (QED) is 0.563. The van der Waals surface area contributed by atoms with Gasteiger partial charge in [-0.05, 0) is 43.9 Å². The highest BCUT2D eigenvalue weighted by molar-refractivity contribution is 7.91. The first-order valence-corrected chi connectivity index (χ1v) is 12.9. The van der Waals surface area contributed by atoms with Crippen molar-refractivity contribution in [2.24, 2.45) is 11.8 Å². The molecule has 1 fully saturated rings. The number of ketones is 1. The zero-order chi connectivity index (χ0) is 24.6. The van der Waals surface area contributed by atoms with Crippen LogP contribution in [0.4, 0.5) is 8.78 Å². The second-order valence-corrected chi connectivity index (χ2v) is 11.2. The number of ether oxygens (including phenoxy) is 1. The van der Waals surface area contributed by atoms with Crippen molar-refractivity contribution in [3.8, 4) is 5.75 Å². The Morgan fingerprint density at radius 1 is 1.15 bits per heavy atom. The summed E-state index contributed by atoms with van der Waals surface area (Å²) in [4.78, 5) is 25.4. The van der Waals surface area contributed by atoms with Gasteiger partial charge in [0.05, 0.1) is 11.7 Å². The highest BCUT2D eigenvalue weighted by atomic mass is 32.2. The molecule has 1 aromatic carbocycles. The average molecular weight is 490 g/mol. The summed E-state index contributed by atoms with van der Waals surface area (Å²) in [5.41, 5.74) is 1.25. The molecule has 1 unspecified atom stereocenters. The maximum atomic E-state index is 14.3. The second kappa shape index (κ2) is 9.29. The summed E-state index contributed by atoms with van der Waals surface area (Å²) in [7, 11) is -3.47. The zero-order valence-electron chi connectivity index (χ0n) is 18.9. The molecule has 4 rings (SSSR count). The number of rotatable bonds is 8. The number of aromatic nitrogens is 1. The van der Waals surface area contributed by atoms with Gasteiger partial charge in [0.25, 0.3) is 5.56 Å². The van der Waals surface area contributed by atoms with E-state index in [9.17, 15) is 26.8 Å². The summed E-state index contributed by atoms with van der Waals surface area (Å²) in [5.74, 6) is -3.52. The number of carbonyl (C=O) groups excluding carboxylic acids is 1. The Kier molecular flexibility index (Phi) is 6.58. The van der Waals surface area contributed by atoms with Crippen LogP contribution in [-0.2, 0) is 21.2 Å². The molecule has 1 aromatic heterocycles. The molecule has 0 amide bonds. The Bertz CT molecular complexity index is 1370. The van der Waals surface area contributed by atoms with E-state index in [1.165, 1.54) is 13.0 Å². The first-order valence-electron chi connectivity index (χ1n) is 11.1. The van der Waals surface area contributed by atoms with Gasteiger partial charge in [-0.15, -0.1) is 0 Å².